The Kier molecular flexibility index (Phi) is 2.07. The SMILES string of the molecule is C1CC2CC1C1C3CC(C21)C1C3CC2C3CC(C4C5CCC(C5)C34)C21. The molecule has 0 radical (unpaired) electrons. The van der Waals surface area contributed by atoms with Crippen molar-refractivity contribution in [3.63, 3.8) is 0 Å². The second-order valence-corrected chi connectivity index (χ2v) is 12.8. The topological polar surface area (TPSA) is 0 Å². The summed E-state index contributed by atoms with van der Waals surface area (Å²) in [4.78, 5) is 0. The molecule has 0 amide bonds. The molecule has 25 heavy (non-hydrogen) atoms. The standard InChI is InChI=1S/C25H34/c1-3-12-5-10(1)20-14-8-18(22(12)20)24-16(14)7-17-15-9-19(25(17)24)23-13-4-2-11(6-13)21(15)23/h10-25H,1-9H2. The summed E-state index contributed by atoms with van der Waals surface area (Å²) in [6.45, 7) is 0. The Morgan fingerprint density at radius 2 is 0.600 bits per heavy atom. The highest BCUT2D eigenvalue weighted by atomic mass is 14.8. The molecule has 0 saturated heterocycles. The van der Waals surface area contributed by atoms with Crippen molar-refractivity contribution in [1.29, 1.82) is 0 Å². The van der Waals surface area contributed by atoms with Crippen molar-refractivity contribution in [3.05, 3.63) is 0 Å². The largest absolute Gasteiger partial charge is 0.0499 e. The summed E-state index contributed by atoms with van der Waals surface area (Å²) >= 11 is 0. The van der Waals surface area contributed by atoms with Crippen LogP contribution in [0.3, 0.4) is 0 Å². The van der Waals surface area contributed by atoms with Crippen LogP contribution in [0.1, 0.15) is 57.8 Å². The van der Waals surface area contributed by atoms with Crippen LogP contribution in [-0.4, -0.2) is 0 Å². The van der Waals surface area contributed by atoms with Crippen LogP contribution in [0.2, 0.25) is 0 Å². The highest BCUT2D eigenvalue weighted by molar-refractivity contribution is 5.23. The molecule has 9 saturated carbocycles. The maximum absolute atomic E-state index is 1.74. The van der Waals surface area contributed by atoms with Gasteiger partial charge in [-0.1, -0.05) is 0 Å². The molecule has 0 N–H and O–H groups in total. The van der Waals surface area contributed by atoms with E-state index in [4.69, 9.17) is 0 Å². The van der Waals surface area contributed by atoms with E-state index in [1.807, 2.05) is 0 Å². The summed E-state index contributed by atoms with van der Waals surface area (Å²) in [5.74, 6) is 19.7. The van der Waals surface area contributed by atoms with E-state index in [2.05, 4.69) is 0 Å². The monoisotopic (exact) mass is 334 g/mol. The van der Waals surface area contributed by atoms with Gasteiger partial charge in [0.05, 0.1) is 0 Å². The molecule has 0 heteroatoms. The normalized spacial score (nSPS) is 77.8. The van der Waals surface area contributed by atoms with Crippen molar-refractivity contribution in [2.75, 3.05) is 0 Å². The van der Waals surface area contributed by atoms with Gasteiger partial charge in [0.1, 0.15) is 0 Å². The van der Waals surface area contributed by atoms with Crippen molar-refractivity contribution in [3.8, 4) is 0 Å². The van der Waals surface area contributed by atoms with Gasteiger partial charge in [0.15, 0.2) is 0 Å². The molecule has 0 aromatic carbocycles. The fourth-order valence-electron chi connectivity index (χ4n) is 13.6. The summed E-state index contributed by atoms with van der Waals surface area (Å²) < 4.78 is 0. The van der Waals surface area contributed by atoms with Crippen LogP contribution >= 0.6 is 0 Å². The molecule has 9 aliphatic rings. The van der Waals surface area contributed by atoms with Crippen molar-refractivity contribution in [2.45, 2.75) is 57.8 Å². The van der Waals surface area contributed by atoms with E-state index in [0.29, 0.717) is 0 Å². The first-order chi connectivity index (χ1) is 12.4. The smallest absolute Gasteiger partial charge is 0.0318 e. The lowest BCUT2D eigenvalue weighted by Gasteiger charge is -2.46. The van der Waals surface area contributed by atoms with Crippen molar-refractivity contribution >= 4 is 0 Å². The fraction of sp³-hybridized carbons (Fsp3) is 1.00. The molecular formula is C25H34. The van der Waals surface area contributed by atoms with Gasteiger partial charge in [0.25, 0.3) is 0 Å². The van der Waals surface area contributed by atoms with E-state index in [-0.39, 0.29) is 0 Å². The van der Waals surface area contributed by atoms with Gasteiger partial charge in [0.2, 0.25) is 0 Å². The minimum absolute atomic E-state index is 1.21. The van der Waals surface area contributed by atoms with Crippen LogP contribution in [0.4, 0.5) is 0 Å². The van der Waals surface area contributed by atoms with E-state index in [1.54, 1.807) is 57.8 Å². The number of rotatable bonds is 0. The molecule has 0 heterocycles. The fourth-order valence-corrected chi connectivity index (χ4v) is 13.6. The molecule has 0 spiro atoms. The molecule has 0 nitrogen and oxygen atoms in total. The predicted octanol–water partition coefficient (Wildman–Crippen LogP) is 5.48. The van der Waals surface area contributed by atoms with E-state index in [9.17, 15) is 0 Å². The van der Waals surface area contributed by atoms with Crippen molar-refractivity contribution in [2.24, 2.45) is 94.7 Å². The number of hydrogen-bond acceptors (Lipinski definition) is 0. The molecule has 134 valence electrons. The molecule has 16 atom stereocenters. The van der Waals surface area contributed by atoms with Gasteiger partial charge < -0.3 is 0 Å². The Hall–Kier alpha value is 0. The van der Waals surface area contributed by atoms with Gasteiger partial charge in [-0.3, -0.25) is 0 Å². The predicted molar refractivity (Wildman–Crippen MR) is 97.4 cm³/mol. The first-order valence-corrected chi connectivity index (χ1v) is 12.4. The van der Waals surface area contributed by atoms with E-state index in [1.165, 1.54) is 94.7 Å². The Bertz CT molecular complexity index is 609. The molecule has 9 rings (SSSR count). The lowest BCUT2D eigenvalue weighted by Crippen LogP contribution is -2.42. The van der Waals surface area contributed by atoms with Crippen molar-refractivity contribution < 1.29 is 0 Å². The minimum Gasteiger partial charge on any atom is -0.0499 e. The third-order valence-electron chi connectivity index (χ3n) is 13.2. The van der Waals surface area contributed by atoms with Gasteiger partial charge in [-0.05, 0) is 152 Å². The van der Waals surface area contributed by atoms with Crippen LogP contribution in [0.25, 0.3) is 0 Å². The first kappa shape index (κ1) is 13.2. The molecule has 9 fully saturated rings. The molecular weight excluding hydrogens is 300 g/mol. The maximum Gasteiger partial charge on any atom is -0.0318 e. The average molecular weight is 335 g/mol. The first-order valence-electron chi connectivity index (χ1n) is 12.4. The zero-order valence-electron chi connectivity index (χ0n) is 15.6. The number of hydrogen-bond donors (Lipinski definition) is 0. The summed E-state index contributed by atoms with van der Waals surface area (Å²) in [7, 11) is 0. The second kappa shape index (κ2) is 3.91. The lowest BCUT2D eigenvalue weighted by molar-refractivity contribution is 0.0131. The Labute approximate surface area is 152 Å². The number of fused-ring (bicyclic) bond motifs is 25. The van der Waals surface area contributed by atoms with Gasteiger partial charge in [-0.15, -0.1) is 0 Å². The van der Waals surface area contributed by atoms with Gasteiger partial charge >= 0.3 is 0 Å². The summed E-state index contributed by atoms with van der Waals surface area (Å²) in [6, 6.07) is 0. The molecule has 0 aromatic heterocycles. The third-order valence-corrected chi connectivity index (χ3v) is 13.2. The Morgan fingerprint density at radius 1 is 0.280 bits per heavy atom. The Morgan fingerprint density at radius 3 is 1.04 bits per heavy atom. The van der Waals surface area contributed by atoms with Crippen LogP contribution in [0.5, 0.6) is 0 Å². The van der Waals surface area contributed by atoms with Crippen LogP contribution in [0.15, 0.2) is 0 Å². The van der Waals surface area contributed by atoms with Gasteiger partial charge in [-0.25, -0.2) is 0 Å². The summed E-state index contributed by atoms with van der Waals surface area (Å²) in [5.41, 5.74) is 0. The van der Waals surface area contributed by atoms with E-state index in [0.717, 1.165) is 0 Å². The Balaban J connectivity index is 1.13. The molecule has 9 aliphatic carbocycles. The minimum atomic E-state index is 1.21. The van der Waals surface area contributed by atoms with Crippen LogP contribution in [-0.2, 0) is 0 Å². The molecule has 0 aromatic rings. The van der Waals surface area contributed by atoms with Crippen molar-refractivity contribution in [1.82, 2.24) is 0 Å². The van der Waals surface area contributed by atoms with E-state index < -0.39 is 0 Å². The summed E-state index contributed by atoms with van der Waals surface area (Å²) in [5, 5.41) is 0. The third kappa shape index (κ3) is 1.21. The van der Waals surface area contributed by atoms with Crippen LogP contribution in [0, 0.1) is 94.7 Å². The zero-order valence-corrected chi connectivity index (χ0v) is 15.6. The molecule has 8 bridgehead atoms. The average Bonchev–Trinajstić information content (AvgIpc) is 3.48. The van der Waals surface area contributed by atoms with Gasteiger partial charge in [-0.2, -0.15) is 0 Å². The second-order valence-electron chi connectivity index (χ2n) is 12.8. The maximum atomic E-state index is 1.74. The zero-order chi connectivity index (χ0) is 15.6. The molecule has 0 aliphatic heterocycles. The lowest BCUT2D eigenvalue weighted by atomic mass is 9.59. The highest BCUT2D eigenvalue weighted by Crippen LogP contribution is 2.81. The summed E-state index contributed by atoms with van der Waals surface area (Å²) in [6.07, 6.45) is 15.1. The molecule has 16 unspecified atom stereocenters. The van der Waals surface area contributed by atoms with E-state index >= 15 is 0 Å². The highest BCUT2D eigenvalue weighted by Gasteiger charge is 2.75. The van der Waals surface area contributed by atoms with Gasteiger partial charge in [0, 0.05) is 0 Å². The quantitative estimate of drug-likeness (QED) is 0.515. The van der Waals surface area contributed by atoms with Crippen LogP contribution < -0.4 is 0 Å².